The van der Waals surface area contributed by atoms with Gasteiger partial charge in [-0.15, -0.1) is 0 Å². The largest absolute Gasteiger partial charge is 0.481 e. The van der Waals surface area contributed by atoms with Crippen LogP contribution in [0.3, 0.4) is 0 Å². The van der Waals surface area contributed by atoms with Crippen LogP contribution < -0.4 is 0 Å². The molecule has 1 aromatic carbocycles. The predicted octanol–water partition coefficient (Wildman–Crippen LogP) is 1.34. The Hall–Kier alpha value is -2.41. The summed E-state index contributed by atoms with van der Waals surface area (Å²) in [6, 6.07) is 10.8. The Labute approximate surface area is 153 Å². The minimum absolute atomic E-state index is 0.0371. The molecule has 2 aliphatic rings. The highest BCUT2D eigenvalue weighted by Gasteiger charge is 2.22. The topological polar surface area (TPSA) is 87.2 Å². The van der Waals surface area contributed by atoms with E-state index in [4.69, 9.17) is 9.84 Å². The lowest BCUT2D eigenvalue weighted by atomic mass is 10.1. The van der Waals surface area contributed by atoms with Crippen LogP contribution in [0.5, 0.6) is 0 Å². The molecule has 26 heavy (non-hydrogen) atoms. The predicted molar refractivity (Wildman–Crippen MR) is 95.7 cm³/mol. The van der Waals surface area contributed by atoms with Gasteiger partial charge in [0.2, 0.25) is 12.3 Å². The molecule has 0 unspecified atom stereocenters. The molecular formula is C19H26N2O5. The number of carboxylic acids is 1. The highest BCUT2D eigenvalue weighted by molar-refractivity contribution is 5.77. The van der Waals surface area contributed by atoms with E-state index in [-0.39, 0.29) is 25.5 Å². The van der Waals surface area contributed by atoms with Crippen molar-refractivity contribution in [3.8, 4) is 0 Å². The van der Waals surface area contributed by atoms with Gasteiger partial charge in [0.25, 0.3) is 0 Å². The summed E-state index contributed by atoms with van der Waals surface area (Å²) in [6.45, 7) is 2.00. The number of hydrogen-bond donors (Lipinski definition) is 1. The van der Waals surface area contributed by atoms with Crippen LogP contribution in [-0.2, 0) is 19.1 Å². The third kappa shape index (κ3) is 7.23. The van der Waals surface area contributed by atoms with Crippen LogP contribution >= 0.6 is 0 Å². The third-order valence-electron chi connectivity index (χ3n) is 4.35. The number of hydrogen-bond acceptors (Lipinski definition) is 4. The van der Waals surface area contributed by atoms with E-state index in [1.54, 1.807) is 9.80 Å². The number of carbonyl (C=O) groups excluding carboxylic acids is 2. The second-order valence-electron chi connectivity index (χ2n) is 6.40. The van der Waals surface area contributed by atoms with E-state index in [0.717, 1.165) is 12.3 Å². The molecule has 1 saturated heterocycles. The van der Waals surface area contributed by atoms with E-state index in [1.807, 2.05) is 0 Å². The molecule has 0 spiro atoms. The van der Waals surface area contributed by atoms with Gasteiger partial charge in [0.15, 0.2) is 0 Å². The molecule has 142 valence electrons. The van der Waals surface area contributed by atoms with Crippen molar-refractivity contribution in [2.75, 3.05) is 39.4 Å². The molecule has 1 N–H and O–H groups in total. The first-order valence-electron chi connectivity index (χ1n) is 8.91. The van der Waals surface area contributed by atoms with Gasteiger partial charge in [-0.25, -0.2) is 0 Å². The summed E-state index contributed by atoms with van der Waals surface area (Å²) in [4.78, 5) is 35.5. The van der Waals surface area contributed by atoms with Crippen molar-refractivity contribution in [3.05, 3.63) is 35.9 Å². The molecule has 0 bridgehead atoms. The SMILES string of the molecule is O=CN1CCN(C(=O)COCCC(=O)O)CC1.c1ccc(C2CC2)cc1. The Kier molecular flexibility index (Phi) is 8.08. The number of amides is 2. The third-order valence-corrected chi connectivity index (χ3v) is 4.35. The molecule has 1 aliphatic heterocycles. The summed E-state index contributed by atoms with van der Waals surface area (Å²) < 4.78 is 4.96. The number of rotatable bonds is 7. The van der Waals surface area contributed by atoms with E-state index in [1.165, 1.54) is 18.4 Å². The summed E-state index contributed by atoms with van der Waals surface area (Å²) in [5.74, 6) is -0.204. The first kappa shape index (κ1) is 19.9. The van der Waals surface area contributed by atoms with Crippen molar-refractivity contribution in [3.63, 3.8) is 0 Å². The van der Waals surface area contributed by atoms with E-state index >= 15 is 0 Å². The molecule has 2 amide bonds. The second-order valence-corrected chi connectivity index (χ2v) is 6.40. The Morgan fingerprint density at radius 1 is 1.12 bits per heavy atom. The lowest BCUT2D eigenvalue weighted by Gasteiger charge is -2.32. The van der Waals surface area contributed by atoms with Crippen LogP contribution in [0.2, 0.25) is 0 Å². The minimum atomic E-state index is -0.947. The second kappa shape index (κ2) is 10.6. The van der Waals surface area contributed by atoms with Crippen LogP contribution in [0.4, 0.5) is 0 Å². The van der Waals surface area contributed by atoms with Gasteiger partial charge in [-0.3, -0.25) is 14.4 Å². The number of ether oxygens (including phenoxy) is 1. The maximum Gasteiger partial charge on any atom is 0.305 e. The Morgan fingerprint density at radius 2 is 1.77 bits per heavy atom. The van der Waals surface area contributed by atoms with Crippen molar-refractivity contribution in [2.24, 2.45) is 0 Å². The van der Waals surface area contributed by atoms with Crippen LogP contribution in [0.1, 0.15) is 30.7 Å². The summed E-state index contributed by atoms with van der Waals surface area (Å²) in [6.07, 6.45) is 3.48. The first-order valence-corrected chi connectivity index (χ1v) is 8.91. The van der Waals surface area contributed by atoms with Gasteiger partial charge in [0.1, 0.15) is 6.61 Å². The fourth-order valence-electron chi connectivity index (χ4n) is 2.63. The molecule has 3 rings (SSSR count). The van der Waals surface area contributed by atoms with E-state index in [2.05, 4.69) is 30.3 Å². The molecule has 7 nitrogen and oxygen atoms in total. The number of benzene rings is 1. The smallest absolute Gasteiger partial charge is 0.305 e. The Balaban J connectivity index is 0.000000223. The maximum atomic E-state index is 11.6. The summed E-state index contributed by atoms with van der Waals surface area (Å²) in [5.41, 5.74) is 1.53. The molecule has 1 aromatic rings. The number of aliphatic carboxylic acids is 1. The van der Waals surface area contributed by atoms with Gasteiger partial charge in [-0.05, 0) is 24.3 Å². The number of nitrogens with zero attached hydrogens (tertiary/aromatic N) is 2. The quantitative estimate of drug-likeness (QED) is 0.584. The summed E-state index contributed by atoms with van der Waals surface area (Å²) in [5, 5.41) is 8.37. The molecule has 0 aromatic heterocycles. The Morgan fingerprint density at radius 3 is 2.31 bits per heavy atom. The van der Waals surface area contributed by atoms with Gasteiger partial charge in [0.05, 0.1) is 13.0 Å². The zero-order chi connectivity index (χ0) is 18.8. The van der Waals surface area contributed by atoms with Crippen molar-refractivity contribution >= 4 is 18.3 Å². The molecular weight excluding hydrogens is 336 g/mol. The summed E-state index contributed by atoms with van der Waals surface area (Å²) >= 11 is 0. The highest BCUT2D eigenvalue weighted by atomic mass is 16.5. The number of carbonyl (C=O) groups is 3. The fraction of sp³-hybridized carbons (Fsp3) is 0.526. The highest BCUT2D eigenvalue weighted by Crippen LogP contribution is 2.39. The van der Waals surface area contributed by atoms with Crippen molar-refractivity contribution in [1.82, 2.24) is 9.80 Å². The molecule has 1 saturated carbocycles. The van der Waals surface area contributed by atoms with Gasteiger partial charge < -0.3 is 19.6 Å². The molecule has 2 fully saturated rings. The first-order chi connectivity index (χ1) is 12.6. The molecule has 7 heteroatoms. The summed E-state index contributed by atoms with van der Waals surface area (Å²) in [7, 11) is 0. The van der Waals surface area contributed by atoms with E-state index in [9.17, 15) is 14.4 Å². The van der Waals surface area contributed by atoms with Crippen molar-refractivity contribution in [2.45, 2.75) is 25.2 Å². The average molecular weight is 362 g/mol. The zero-order valence-electron chi connectivity index (χ0n) is 14.9. The van der Waals surface area contributed by atoms with Crippen LogP contribution in [0.25, 0.3) is 0 Å². The van der Waals surface area contributed by atoms with Crippen LogP contribution in [0, 0.1) is 0 Å². The zero-order valence-corrected chi connectivity index (χ0v) is 14.9. The molecule has 1 aliphatic carbocycles. The van der Waals surface area contributed by atoms with Gasteiger partial charge in [0, 0.05) is 26.2 Å². The van der Waals surface area contributed by atoms with Gasteiger partial charge >= 0.3 is 5.97 Å². The van der Waals surface area contributed by atoms with Gasteiger partial charge in [-0.2, -0.15) is 0 Å². The van der Waals surface area contributed by atoms with E-state index < -0.39 is 5.97 Å². The number of piperazine rings is 1. The average Bonchev–Trinajstić information content (AvgIpc) is 3.51. The lowest BCUT2D eigenvalue weighted by molar-refractivity contribution is -0.142. The molecule has 1 heterocycles. The normalized spacial score (nSPS) is 16.5. The maximum absolute atomic E-state index is 11.6. The Bertz CT molecular complexity index is 581. The van der Waals surface area contributed by atoms with Crippen molar-refractivity contribution < 1.29 is 24.2 Å². The van der Waals surface area contributed by atoms with Crippen LogP contribution in [0.15, 0.2) is 30.3 Å². The van der Waals surface area contributed by atoms with Crippen molar-refractivity contribution in [1.29, 1.82) is 0 Å². The minimum Gasteiger partial charge on any atom is -0.481 e. The molecule has 0 atom stereocenters. The monoisotopic (exact) mass is 362 g/mol. The van der Waals surface area contributed by atoms with Gasteiger partial charge in [-0.1, -0.05) is 30.3 Å². The van der Waals surface area contributed by atoms with Crippen LogP contribution in [-0.4, -0.2) is 72.6 Å². The lowest BCUT2D eigenvalue weighted by Crippen LogP contribution is -2.49. The molecule has 0 radical (unpaired) electrons. The van der Waals surface area contributed by atoms with E-state index in [0.29, 0.717) is 26.2 Å². The number of carboxylic acid groups (broad SMARTS) is 1. The fourth-order valence-corrected chi connectivity index (χ4v) is 2.63. The standard InChI is InChI=1S/C10H16N2O5.C9H10/c13-8-11-2-4-12(5-3-11)9(14)7-17-6-1-10(15)16;1-2-4-8(5-3-1)9-6-7-9/h8H,1-7H2,(H,15,16);1-5,9H,6-7H2.